The summed E-state index contributed by atoms with van der Waals surface area (Å²) in [6.45, 7) is 2.21. The fraction of sp³-hybridized carbons (Fsp3) is 0.500. The highest BCUT2D eigenvalue weighted by Gasteiger charge is 2.38. The van der Waals surface area contributed by atoms with Crippen LogP contribution in [0.25, 0.3) is 11.0 Å². The topological polar surface area (TPSA) is 89.3 Å². The van der Waals surface area contributed by atoms with Gasteiger partial charge in [0.1, 0.15) is 0 Å². The summed E-state index contributed by atoms with van der Waals surface area (Å²) in [5.74, 6) is -0.626. The van der Waals surface area contributed by atoms with Gasteiger partial charge < -0.3 is 15.2 Å². The molecule has 10 heteroatoms. The molecule has 24 heavy (non-hydrogen) atoms. The maximum absolute atomic E-state index is 12.2. The van der Waals surface area contributed by atoms with Gasteiger partial charge in [-0.25, -0.2) is 9.67 Å². The Kier molecular flexibility index (Phi) is 4.97. The Morgan fingerprint density at radius 3 is 2.75 bits per heavy atom. The van der Waals surface area contributed by atoms with E-state index in [9.17, 15) is 18.0 Å². The molecule has 1 amide bonds. The molecule has 0 spiro atoms. The van der Waals surface area contributed by atoms with Crippen LogP contribution in [0.4, 0.5) is 13.2 Å². The number of aliphatic hydroxyl groups is 1. The van der Waals surface area contributed by atoms with Gasteiger partial charge in [0.15, 0.2) is 18.4 Å². The van der Waals surface area contributed by atoms with Crippen molar-refractivity contribution in [3.8, 4) is 5.88 Å². The number of alkyl halides is 3. The van der Waals surface area contributed by atoms with Crippen molar-refractivity contribution in [1.82, 2.24) is 20.1 Å². The number of fused-ring (bicyclic) bond motifs is 1. The Bertz CT molecular complexity index is 758. The van der Waals surface area contributed by atoms with Gasteiger partial charge in [-0.05, 0) is 25.5 Å². The van der Waals surface area contributed by atoms with Crippen molar-refractivity contribution in [3.05, 3.63) is 17.3 Å². The summed E-state index contributed by atoms with van der Waals surface area (Å²) in [6.07, 6.45) is -7.40. The van der Waals surface area contributed by atoms with E-state index in [-0.39, 0.29) is 5.88 Å². The number of hydrogen-bond donors (Lipinski definition) is 2. The minimum Gasteiger partial charge on any atom is -0.466 e. The van der Waals surface area contributed by atoms with Crippen molar-refractivity contribution < 1.29 is 27.8 Å². The lowest BCUT2D eigenvalue weighted by Gasteiger charge is -2.14. The highest BCUT2D eigenvalue weighted by molar-refractivity contribution is 5.85. The molecule has 2 N–H and O–H groups in total. The van der Waals surface area contributed by atoms with Gasteiger partial charge in [0.05, 0.1) is 11.9 Å². The molecular formula is C14H17F3N4O3. The summed E-state index contributed by atoms with van der Waals surface area (Å²) >= 11 is 0. The van der Waals surface area contributed by atoms with Crippen LogP contribution in [0, 0.1) is 13.8 Å². The van der Waals surface area contributed by atoms with Crippen molar-refractivity contribution in [1.29, 1.82) is 0 Å². The minimum atomic E-state index is -4.79. The number of nitrogens with one attached hydrogen (secondary N) is 1. The summed E-state index contributed by atoms with van der Waals surface area (Å²) in [5, 5.41) is 15.5. The van der Waals surface area contributed by atoms with Crippen molar-refractivity contribution in [2.45, 2.75) is 26.1 Å². The summed E-state index contributed by atoms with van der Waals surface area (Å²) in [6, 6.07) is 1.83. The number of nitrogens with zero attached hydrogens (tertiary/aromatic N) is 3. The predicted octanol–water partition coefficient (Wildman–Crippen LogP) is 1.00. The van der Waals surface area contributed by atoms with E-state index in [4.69, 9.17) is 9.84 Å². The molecule has 7 nitrogen and oxygen atoms in total. The van der Waals surface area contributed by atoms with Gasteiger partial charge in [-0.1, -0.05) is 0 Å². The van der Waals surface area contributed by atoms with E-state index in [1.165, 1.54) is 4.68 Å². The lowest BCUT2D eigenvalue weighted by molar-refractivity contribution is -0.201. The molecule has 0 saturated heterocycles. The molecule has 132 valence electrons. The molecule has 0 aliphatic carbocycles. The zero-order valence-corrected chi connectivity index (χ0v) is 13.3. The van der Waals surface area contributed by atoms with Crippen LogP contribution in [0.1, 0.15) is 11.3 Å². The molecule has 0 aromatic carbocycles. The van der Waals surface area contributed by atoms with Gasteiger partial charge >= 0.3 is 6.18 Å². The fourth-order valence-corrected chi connectivity index (χ4v) is 2.16. The number of halogens is 3. The number of ether oxygens (including phenoxy) is 1. The molecule has 0 saturated carbocycles. The average molecular weight is 346 g/mol. The zero-order valence-electron chi connectivity index (χ0n) is 13.3. The molecule has 1 atom stereocenters. The second kappa shape index (κ2) is 6.63. The molecule has 0 radical (unpaired) electrons. The standard InChI is InChI=1S/C14H17F3N4O3/c1-7-4-8(2)19-12-11(7)13(20-21(12)3)24-6-10(23)18-5-9(22)14(15,16)17/h4,9,22H,5-6H2,1-3H3,(H,18,23)/t9-/m0/s1. The minimum absolute atomic E-state index is 0.170. The lowest BCUT2D eigenvalue weighted by atomic mass is 10.2. The second-order valence-electron chi connectivity index (χ2n) is 5.36. The first-order chi connectivity index (χ1) is 11.1. The predicted molar refractivity (Wildman–Crippen MR) is 78.5 cm³/mol. The Morgan fingerprint density at radius 1 is 1.46 bits per heavy atom. The maximum atomic E-state index is 12.2. The van der Waals surface area contributed by atoms with Gasteiger partial charge in [-0.2, -0.15) is 13.2 Å². The Labute approximate surface area is 135 Å². The Morgan fingerprint density at radius 2 is 2.12 bits per heavy atom. The first-order valence-electron chi connectivity index (χ1n) is 7.05. The average Bonchev–Trinajstić information content (AvgIpc) is 2.78. The molecule has 2 aromatic rings. The summed E-state index contributed by atoms with van der Waals surface area (Å²) < 4.78 is 43.2. The summed E-state index contributed by atoms with van der Waals surface area (Å²) in [4.78, 5) is 15.9. The molecule has 2 aromatic heterocycles. The molecule has 2 heterocycles. The van der Waals surface area contributed by atoms with E-state index in [2.05, 4.69) is 10.1 Å². The number of aromatic nitrogens is 3. The van der Waals surface area contributed by atoms with Crippen LogP contribution in [0.5, 0.6) is 5.88 Å². The van der Waals surface area contributed by atoms with Crippen LogP contribution < -0.4 is 10.1 Å². The van der Waals surface area contributed by atoms with E-state index < -0.39 is 31.3 Å². The molecule has 0 fully saturated rings. The number of rotatable bonds is 5. The second-order valence-corrected chi connectivity index (χ2v) is 5.36. The molecule has 0 bridgehead atoms. The van der Waals surface area contributed by atoms with Crippen LogP contribution in [0.2, 0.25) is 0 Å². The highest BCUT2D eigenvalue weighted by atomic mass is 19.4. The van der Waals surface area contributed by atoms with Crippen molar-refractivity contribution in [3.63, 3.8) is 0 Å². The Balaban J connectivity index is 2.02. The summed E-state index contributed by atoms with van der Waals surface area (Å²) in [5.41, 5.74) is 2.23. The van der Waals surface area contributed by atoms with Crippen molar-refractivity contribution in [2.24, 2.45) is 7.05 Å². The van der Waals surface area contributed by atoms with Crippen molar-refractivity contribution >= 4 is 16.9 Å². The van der Waals surface area contributed by atoms with Gasteiger partial charge in [0.25, 0.3) is 5.91 Å². The smallest absolute Gasteiger partial charge is 0.416 e. The van der Waals surface area contributed by atoms with Gasteiger partial charge in [-0.15, -0.1) is 5.10 Å². The molecule has 2 rings (SSSR count). The van der Waals surface area contributed by atoms with Gasteiger partial charge in [-0.3, -0.25) is 4.79 Å². The molecular weight excluding hydrogens is 329 g/mol. The third kappa shape index (κ3) is 3.94. The number of hydrogen-bond acceptors (Lipinski definition) is 5. The van der Waals surface area contributed by atoms with Crippen LogP contribution >= 0.6 is 0 Å². The quantitative estimate of drug-likeness (QED) is 0.843. The third-order valence-electron chi connectivity index (χ3n) is 3.30. The summed E-state index contributed by atoms with van der Waals surface area (Å²) in [7, 11) is 1.67. The highest BCUT2D eigenvalue weighted by Crippen LogP contribution is 2.27. The number of aryl methyl sites for hydroxylation is 3. The number of carbonyl (C=O) groups excluding carboxylic acids is 1. The van der Waals surface area contributed by atoms with Crippen LogP contribution in [0.3, 0.4) is 0 Å². The number of amides is 1. The third-order valence-corrected chi connectivity index (χ3v) is 3.30. The zero-order chi connectivity index (χ0) is 18.1. The molecule has 0 unspecified atom stereocenters. The van der Waals surface area contributed by atoms with Gasteiger partial charge in [0, 0.05) is 12.7 Å². The lowest BCUT2D eigenvalue weighted by Crippen LogP contribution is -2.42. The maximum Gasteiger partial charge on any atom is 0.416 e. The fourth-order valence-electron chi connectivity index (χ4n) is 2.16. The van der Waals surface area contributed by atoms with E-state index in [0.29, 0.717) is 11.0 Å². The van der Waals surface area contributed by atoms with Crippen LogP contribution in [-0.2, 0) is 11.8 Å². The SMILES string of the molecule is Cc1cc(C)c2c(OCC(=O)NC[C@H](O)C(F)(F)F)nn(C)c2n1. The van der Waals surface area contributed by atoms with E-state index in [1.54, 1.807) is 7.05 Å². The number of carbonyl (C=O) groups is 1. The first-order valence-corrected chi connectivity index (χ1v) is 7.05. The molecule has 0 aliphatic rings. The monoisotopic (exact) mass is 346 g/mol. The normalized spacial score (nSPS) is 13.1. The molecule has 0 aliphatic heterocycles. The number of aliphatic hydroxyl groups excluding tert-OH is 1. The van der Waals surface area contributed by atoms with Crippen LogP contribution in [-0.4, -0.2) is 51.2 Å². The van der Waals surface area contributed by atoms with E-state index in [0.717, 1.165) is 11.3 Å². The largest absolute Gasteiger partial charge is 0.466 e. The van der Waals surface area contributed by atoms with Crippen LogP contribution in [0.15, 0.2) is 6.07 Å². The Hall–Kier alpha value is -2.36. The van der Waals surface area contributed by atoms with E-state index in [1.807, 2.05) is 25.2 Å². The first kappa shape index (κ1) is 18.0. The van der Waals surface area contributed by atoms with Crippen molar-refractivity contribution in [2.75, 3.05) is 13.2 Å². The number of pyridine rings is 1. The van der Waals surface area contributed by atoms with Gasteiger partial charge in [0.2, 0.25) is 5.88 Å². The van der Waals surface area contributed by atoms with E-state index >= 15 is 0 Å².